The summed E-state index contributed by atoms with van der Waals surface area (Å²) in [6.07, 6.45) is -3.46. The molecule has 0 radical (unpaired) electrons. The zero-order valence-corrected chi connectivity index (χ0v) is 11.5. The first-order chi connectivity index (χ1) is 9.20. The Morgan fingerprint density at radius 1 is 1.25 bits per heavy atom. The van der Waals surface area contributed by atoms with Crippen molar-refractivity contribution in [3.05, 3.63) is 35.4 Å². The Hall–Kier alpha value is -1.56. The summed E-state index contributed by atoms with van der Waals surface area (Å²) in [5, 5.41) is 2.73. The molecule has 0 heterocycles. The van der Waals surface area contributed by atoms with E-state index < -0.39 is 11.7 Å². The molecule has 0 bridgehead atoms. The van der Waals surface area contributed by atoms with Crippen LogP contribution in [0.25, 0.3) is 0 Å². The Balaban J connectivity index is 2.60. The van der Waals surface area contributed by atoms with E-state index in [1.54, 1.807) is 6.92 Å². The summed E-state index contributed by atoms with van der Waals surface area (Å²) in [5.74, 6) is -0.158. The van der Waals surface area contributed by atoms with Crippen LogP contribution in [0.4, 0.5) is 13.2 Å². The average Bonchev–Trinajstić information content (AvgIpc) is 2.35. The first-order valence-corrected chi connectivity index (χ1v) is 6.42. The molecule has 20 heavy (non-hydrogen) atoms. The average molecular weight is 288 g/mol. The lowest BCUT2D eigenvalue weighted by Crippen LogP contribution is -2.28. The number of hydrogen-bond donors (Lipinski definition) is 2. The van der Waals surface area contributed by atoms with Crippen molar-refractivity contribution in [3.8, 4) is 0 Å². The number of nitrogens with one attached hydrogen (secondary N) is 1. The minimum Gasteiger partial charge on any atom is -0.350 e. The largest absolute Gasteiger partial charge is 0.416 e. The lowest BCUT2D eigenvalue weighted by molar-refractivity contribution is -0.137. The Morgan fingerprint density at radius 3 is 2.25 bits per heavy atom. The van der Waals surface area contributed by atoms with Gasteiger partial charge in [-0.25, -0.2) is 0 Å². The van der Waals surface area contributed by atoms with Gasteiger partial charge in [0.25, 0.3) is 0 Å². The maximum Gasteiger partial charge on any atom is 0.416 e. The quantitative estimate of drug-likeness (QED) is 0.875. The molecule has 1 rings (SSSR count). The van der Waals surface area contributed by atoms with E-state index in [1.807, 2.05) is 6.92 Å². The van der Waals surface area contributed by atoms with E-state index >= 15 is 0 Å². The predicted octanol–water partition coefficient (Wildman–Crippen LogP) is 3.01. The number of alkyl halides is 3. The van der Waals surface area contributed by atoms with Crippen molar-refractivity contribution in [2.24, 2.45) is 5.73 Å². The molecule has 0 aromatic heterocycles. The number of hydrogen-bond acceptors (Lipinski definition) is 2. The van der Waals surface area contributed by atoms with Crippen LogP contribution >= 0.6 is 0 Å². The van der Waals surface area contributed by atoms with Gasteiger partial charge in [0, 0.05) is 12.5 Å². The molecule has 3 nitrogen and oxygen atoms in total. The highest BCUT2D eigenvalue weighted by Gasteiger charge is 2.30. The minimum absolute atomic E-state index is 0.0536. The summed E-state index contributed by atoms with van der Waals surface area (Å²) in [4.78, 5) is 11.6. The standard InChI is InChI=1S/C14H19F3N2O/c1-9(18)3-8-13(20)19-10(2)11-4-6-12(7-5-11)14(15,16)17/h4-7,9-10H,3,8,18H2,1-2H3,(H,19,20). The zero-order chi connectivity index (χ0) is 15.3. The van der Waals surface area contributed by atoms with Gasteiger partial charge < -0.3 is 11.1 Å². The van der Waals surface area contributed by atoms with Gasteiger partial charge >= 0.3 is 6.18 Å². The molecule has 0 aliphatic carbocycles. The van der Waals surface area contributed by atoms with Crippen LogP contribution in [0.15, 0.2) is 24.3 Å². The maximum absolute atomic E-state index is 12.4. The van der Waals surface area contributed by atoms with Crippen LogP contribution in [-0.4, -0.2) is 11.9 Å². The second-order valence-corrected chi connectivity index (χ2v) is 4.92. The van der Waals surface area contributed by atoms with Gasteiger partial charge in [0.15, 0.2) is 0 Å². The normalized spacial score (nSPS) is 14.7. The van der Waals surface area contributed by atoms with Gasteiger partial charge in [-0.15, -0.1) is 0 Å². The van der Waals surface area contributed by atoms with Gasteiger partial charge in [0.05, 0.1) is 11.6 Å². The van der Waals surface area contributed by atoms with Crippen LogP contribution in [0.1, 0.15) is 43.9 Å². The van der Waals surface area contributed by atoms with Gasteiger partial charge in [-0.05, 0) is 38.0 Å². The molecule has 0 saturated carbocycles. The highest BCUT2D eigenvalue weighted by atomic mass is 19.4. The van der Waals surface area contributed by atoms with E-state index in [2.05, 4.69) is 5.32 Å². The Labute approximate surface area is 116 Å². The lowest BCUT2D eigenvalue weighted by Gasteiger charge is -2.16. The molecule has 2 atom stereocenters. The molecular formula is C14H19F3N2O. The summed E-state index contributed by atoms with van der Waals surface area (Å²) in [5.41, 5.74) is 5.49. The minimum atomic E-state index is -4.34. The Kier molecular flexibility index (Phi) is 5.56. The van der Waals surface area contributed by atoms with Gasteiger partial charge in [0.1, 0.15) is 0 Å². The highest BCUT2D eigenvalue weighted by molar-refractivity contribution is 5.76. The molecule has 1 aromatic rings. The summed E-state index contributed by atoms with van der Waals surface area (Å²) in [6, 6.07) is 4.39. The van der Waals surface area contributed by atoms with Gasteiger partial charge in [-0.3, -0.25) is 4.79 Å². The third-order valence-corrected chi connectivity index (χ3v) is 2.94. The zero-order valence-electron chi connectivity index (χ0n) is 11.5. The van der Waals surface area contributed by atoms with Gasteiger partial charge in [0.2, 0.25) is 5.91 Å². The van der Waals surface area contributed by atoms with Crippen LogP contribution < -0.4 is 11.1 Å². The van der Waals surface area contributed by atoms with E-state index in [0.29, 0.717) is 18.4 Å². The molecule has 0 saturated heterocycles. The number of halogens is 3. The molecule has 0 fully saturated rings. The van der Waals surface area contributed by atoms with Crippen LogP contribution in [0.3, 0.4) is 0 Å². The number of benzene rings is 1. The van der Waals surface area contributed by atoms with Crippen molar-refractivity contribution in [2.45, 2.75) is 44.9 Å². The molecule has 6 heteroatoms. The smallest absolute Gasteiger partial charge is 0.350 e. The van der Waals surface area contributed by atoms with Crippen molar-refractivity contribution in [1.82, 2.24) is 5.32 Å². The molecule has 112 valence electrons. The Morgan fingerprint density at radius 2 is 1.80 bits per heavy atom. The maximum atomic E-state index is 12.4. The predicted molar refractivity (Wildman–Crippen MR) is 70.9 cm³/mol. The van der Waals surface area contributed by atoms with E-state index in [1.165, 1.54) is 12.1 Å². The van der Waals surface area contributed by atoms with Crippen LogP contribution in [0, 0.1) is 0 Å². The third kappa shape index (κ3) is 5.21. The third-order valence-electron chi connectivity index (χ3n) is 2.94. The Bertz CT molecular complexity index is 441. The fourth-order valence-electron chi connectivity index (χ4n) is 1.72. The molecule has 0 spiro atoms. The van der Waals surface area contributed by atoms with E-state index in [-0.39, 0.29) is 18.0 Å². The number of amides is 1. The molecule has 1 aromatic carbocycles. The fourth-order valence-corrected chi connectivity index (χ4v) is 1.72. The summed E-state index contributed by atoms with van der Waals surface area (Å²) in [7, 11) is 0. The number of rotatable bonds is 5. The van der Waals surface area contributed by atoms with Crippen molar-refractivity contribution < 1.29 is 18.0 Å². The van der Waals surface area contributed by atoms with E-state index in [4.69, 9.17) is 5.73 Å². The molecule has 2 unspecified atom stereocenters. The molecule has 0 aliphatic rings. The number of carbonyl (C=O) groups is 1. The molecular weight excluding hydrogens is 269 g/mol. The molecule has 0 aliphatic heterocycles. The van der Waals surface area contributed by atoms with Crippen LogP contribution in [0.5, 0.6) is 0 Å². The molecule has 1 amide bonds. The number of nitrogens with two attached hydrogens (primary N) is 1. The molecule has 3 N–H and O–H groups in total. The van der Waals surface area contributed by atoms with Crippen molar-refractivity contribution in [2.75, 3.05) is 0 Å². The summed E-state index contributed by atoms with van der Waals surface area (Å²) >= 11 is 0. The fraction of sp³-hybridized carbons (Fsp3) is 0.500. The topological polar surface area (TPSA) is 55.1 Å². The SMILES string of the molecule is CC(N)CCC(=O)NC(C)c1ccc(C(F)(F)F)cc1. The van der Waals surface area contributed by atoms with Crippen LogP contribution in [0.2, 0.25) is 0 Å². The van der Waals surface area contributed by atoms with Crippen molar-refractivity contribution >= 4 is 5.91 Å². The van der Waals surface area contributed by atoms with Crippen molar-refractivity contribution in [1.29, 1.82) is 0 Å². The van der Waals surface area contributed by atoms with E-state index in [9.17, 15) is 18.0 Å². The first kappa shape index (κ1) is 16.5. The summed E-state index contributed by atoms with van der Waals surface area (Å²) < 4.78 is 37.3. The monoisotopic (exact) mass is 288 g/mol. The van der Waals surface area contributed by atoms with E-state index in [0.717, 1.165) is 12.1 Å². The summed E-state index contributed by atoms with van der Waals surface area (Å²) in [6.45, 7) is 3.54. The van der Waals surface area contributed by atoms with Gasteiger partial charge in [-0.2, -0.15) is 13.2 Å². The van der Waals surface area contributed by atoms with Crippen LogP contribution in [-0.2, 0) is 11.0 Å². The number of carbonyl (C=O) groups excluding carboxylic acids is 1. The van der Waals surface area contributed by atoms with Gasteiger partial charge in [-0.1, -0.05) is 12.1 Å². The first-order valence-electron chi connectivity index (χ1n) is 6.42. The second kappa shape index (κ2) is 6.74. The lowest BCUT2D eigenvalue weighted by atomic mass is 10.1. The van der Waals surface area contributed by atoms with Crippen molar-refractivity contribution in [3.63, 3.8) is 0 Å². The second-order valence-electron chi connectivity index (χ2n) is 4.92. The highest BCUT2D eigenvalue weighted by Crippen LogP contribution is 2.29.